The Morgan fingerprint density at radius 2 is 1.82 bits per heavy atom. The van der Waals surface area contributed by atoms with Gasteiger partial charge in [0.05, 0.1) is 5.75 Å². The average molecular weight is 542 g/mol. The molecule has 2 rings (SSSR count). The van der Waals surface area contributed by atoms with Crippen LogP contribution in [0.4, 0.5) is 0 Å². The van der Waals surface area contributed by atoms with Crippen molar-refractivity contribution in [3.63, 3.8) is 0 Å². The van der Waals surface area contributed by atoms with E-state index in [2.05, 4.69) is 27.8 Å². The third-order valence-electron chi connectivity index (χ3n) is 5.39. The SMILES string of the molecule is CN=C(NCC1(c2ccc(Cl)cc2)CCCCC1)NC(C)CCS(C)(=O)=O.I. The van der Waals surface area contributed by atoms with Gasteiger partial charge in [-0.25, -0.2) is 8.42 Å². The van der Waals surface area contributed by atoms with Crippen molar-refractivity contribution < 1.29 is 8.42 Å². The summed E-state index contributed by atoms with van der Waals surface area (Å²) in [7, 11) is -1.21. The molecule has 5 nitrogen and oxygen atoms in total. The molecule has 1 aromatic rings. The molecule has 0 aromatic heterocycles. The molecule has 1 aliphatic rings. The Kier molecular flexibility index (Phi) is 10.6. The fourth-order valence-corrected chi connectivity index (χ4v) is 4.65. The molecule has 1 aromatic carbocycles. The number of nitrogens with zero attached hydrogens (tertiary/aromatic N) is 1. The zero-order valence-electron chi connectivity index (χ0n) is 17.0. The van der Waals surface area contributed by atoms with E-state index in [9.17, 15) is 8.42 Å². The lowest BCUT2D eigenvalue weighted by atomic mass is 9.69. The van der Waals surface area contributed by atoms with Gasteiger partial charge < -0.3 is 10.6 Å². The van der Waals surface area contributed by atoms with Crippen LogP contribution in [-0.4, -0.2) is 46.0 Å². The number of hydrogen-bond acceptors (Lipinski definition) is 3. The summed E-state index contributed by atoms with van der Waals surface area (Å²) in [5, 5.41) is 7.55. The first-order valence-corrected chi connectivity index (χ1v) is 12.1. The van der Waals surface area contributed by atoms with Gasteiger partial charge in [0.25, 0.3) is 0 Å². The van der Waals surface area contributed by atoms with Crippen molar-refractivity contribution in [3.8, 4) is 0 Å². The lowest BCUT2D eigenvalue weighted by molar-refractivity contribution is 0.291. The van der Waals surface area contributed by atoms with Crippen LogP contribution < -0.4 is 10.6 Å². The number of hydrogen-bond donors (Lipinski definition) is 2. The van der Waals surface area contributed by atoms with E-state index in [0.29, 0.717) is 6.42 Å². The van der Waals surface area contributed by atoms with Crippen molar-refractivity contribution in [2.75, 3.05) is 25.6 Å². The van der Waals surface area contributed by atoms with Gasteiger partial charge in [0, 0.05) is 36.3 Å². The molecular formula is C20H33ClIN3O2S. The van der Waals surface area contributed by atoms with Crippen molar-refractivity contribution in [1.29, 1.82) is 0 Å². The summed E-state index contributed by atoms with van der Waals surface area (Å²) in [5.74, 6) is 0.891. The smallest absolute Gasteiger partial charge is 0.191 e. The van der Waals surface area contributed by atoms with Gasteiger partial charge in [-0.1, -0.05) is 43.0 Å². The third-order valence-corrected chi connectivity index (χ3v) is 6.62. The molecule has 2 N–H and O–H groups in total. The number of sulfone groups is 1. The van der Waals surface area contributed by atoms with E-state index >= 15 is 0 Å². The van der Waals surface area contributed by atoms with Crippen molar-refractivity contribution in [3.05, 3.63) is 34.9 Å². The Hall–Kier alpha value is -0.540. The monoisotopic (exact) mass is 541 g/mol. The van der Waals surface area contributed by atoms with Gasteiger partial charge >= 0.3 is 0 Å². The summed E-state index contributed by atoms with van der Waals surface area (Å²) < 4.78 is 22.7. The number of nitrogens with one attached hydrogen (secondary N) is 2. The van der Waals surface area contributed by atoms with Crippen LogP contribution in [0.5, 0.6) is 0 Å². The Balaban J connectivity index is 0.00000392. The normalized spacial score (nSPS) is 18.1. The maximum atomic E-state index is 11.4. The molecule has 28 heavy (non-hydrogen) atoms. The predicted octanol–water partition coefficient (Wildman–Crippen LogP) is 4.15. The van der Waals surface area contributed by atoms with Gasteiger partial charge in [-0.2, -0.15) is 0 Å². The molecule has 160 valence electrons. The molecule has 0 radical (unpaired) electrons. The van der Waals surface area contributed by atoms with Crippen LogP contribution in [-0.2, 0) is 15.3 Å². The number of guanidine groups is 1. The highest BCUT2D eigenvalue weighted by molar-refractivity contribution is 14.0. The first kappa shape index (κ1) is 25.5. The first-order chi connectivity index (χ1) is 12.7. The largest absolute Gasteiger partial charge is 0.356 e. The minimum Gasteiger partial charge on any atom is -0.356 e. The molecule has 1 atom stereocenters. The van der Waals surface area contributed by atoms with E-state index < -0.39 is 9.84 Å². The summed E-state index contributed by atoms with van der Waals surface area (Å²) in [6.07, 6.45) is 7.84. The van der Waals surface area contributed by atoms with Crippen molar-refractivity contribution in [1.82, 2.24) is 10.6 Å². The molecular weight excluding hydrogens is 509 g/mol. The van der Waals surface area contributed by atoms with E-state index in [-0.39, 0.29) is 41.2 Å². The van der Waals surface area contributed by atoms with Gasteiger partial charge in [0.2, 0.25) is 0 Å². The molecule has 1 unspecified atom stereocenters. The Labute approximate surface area is 192 Å². The molecule has 0 spiro atoms. The molecule has 1 fully saturated rings. The number of rotatable bonds is 7. The maximum absolute atomic E-state index is 11.4. The summed E-state index contributed by atoms with van der Waals surface area (Å²) in [6.45, 7) is 2.78. The average Bonchev–Trinajstić information content (AvgIpc) is 2.64. The first-order valence-electron chi connectivity index (χ1n) is 9.65. The molecule has 1 saturated carbocycles. The standard InChI is InChI=1S/C20H32ClN3O2S.HI/c1-16(11-14-27(3,25)26)24-19(22-2)23-15-20(12-5-4-6-13-20)17-7-9-18(21)10-8-17;/h7-10,16H,4-6,11-15H2,1-3H3,(H2,22,23,24);1H. The van der Waals surface area contributed by atoms with Crippen LogP contribution in [0.3, 0.4) is 0 Å². The summed E-state index contributed by atoms with van der Waals surface area (Å²) in [6, 6.07) is 8.24. The number of aliphatic imine (C=N–C) groups is 1. The Morgan fingerprint density at radius 3 is 2.36 bits per heavy atom. The lowest BCUT2D eigenvalue weighted by Gasteiger charge is -2.38. The van der Waals surface area contributed by atoms with E-state index in [1.54, 1.807) is 7.05 Å². The highest BCUT2D eigenvalue weighted by Crippen LogP contribution is 2.39. The lowest BCUT2D eigenvalue weighted by Crippen LogP contribution is -2.48. The van der Waals surface area contributed by atoms with Crippen LogP contribution in [0.2, 0.25) is 5.02 Å². The Morgan fingerprint density at radius 1 is 1.21 bits per heavy atom. The summed E-state index contributed by atoms with van der Waals surface area (Å²) in [4.78, 5) is 4.32. The zero-order valence-corrected chi connectivity index (χ0v) is 20.9. The molecule has 0 bridgehead atoms. The predicted molar refractivity (Wildman–Crippen MR) is 130 cm³/mol. The molecule has 8 heteroatoms. The molecule has 1 aliphatic carbocycles. The van der Waals surface area contributed by atoms with E-state index in [1.807, 2.05) is 19.1 Å². The van der Waals surface area contributed by atoms with Crippen molar-refractivity contribution in [2.24, 2.45) is 4.99 Å². The topological polar surface area (TPSA) is 70.6 Å². The molecule has 0 aliphatic heterocycles. The van der Waals surface area contributed by atoms with Crippen molar-refractivity contribution >= 4 is 51.4 Å². The van der Waals surface area contributed by atoms with Crippen LogP contribution >= 0.6 is 35.6 Å². The minimum absolute atomic E-state index is 0. The molecule has 0 amide bonds. The van der Waals surface area contributed by atoms with Gasteiger partial charge in [-0.3, -0.25) is 4.99 Å². The van der Waals surface area contributed by atoms with Crippen molar-refractivity contribution in [2.45, 2.75) is 56.9 Å². The van der Waals surface area contributed by atoms with E-state index in [4.69, 9.17) is 11.6 Å². The zero-order chi connectivity index (χ0) is 19.9. The third kappa shape index (κ3) is 8.06. The number of benzene rings is 1. The second kappa shape index (κ2) is 11.6. The molecule has 0 saturated heterocycles. The fourth-order valence-electron chi connectivity index (χ4n) is 3.74. The summed E-state index contributed by atoms with van der Waals surface area (Å²) >= 11 is 6.08. The van der Waals surface area contributed by atoms with Gasteiger partial charge in [-0.15, -0.1) is 24.0 Å². The van der Waals surface area contributed by atoms with Crippen LogP contribution in [0.15, 0.2) is 29.3 Å². The van der Waals surface area contributed by atoms with E-state index in [0.717, 1.165) is 30.4 Å². The summed E-state index contributed by atoms with van der Waals surface area (Å²) in [5.41, 5.74) is 1.40. The van der Waals surface area contributed by atoms with Crippen LogP contribution in [0.25, 0.3) is 0 Å². The maximum Gasteiger partial charge on any atom is 0.191 e. The highest BCUT2D eigenvalue weighted by Gasteiger charge is 2.34. The van der Waals surface area contributed by atoms with Gasteiger partial charge in [0.1, 0.15) is 9.84 Å². The molecule has 0 heterocycles. The number of halogens is 2. The second-order valence-corrected chi connectivity index (χ2v) is 10.4. The minimum atomic E-state index is -2.95. The highest BCUT2D eigenvalue weighted by atomic mass is 127. The quantitative estimate of drug-likeness (QED) is 0.309. The Bertz CT molecular complexity index is 732. The van der Waals surface area contributed by atoms with Crippen LogP contribution in [0, 0.1) is 0 Å². The van der Waals surface area contributed by atoms with E-state index in [1.165, 1.54) is 31.1 Å². The van der Waals surface area contributed by atoms with Gasteiger partial charge in [0.15, 0.2) is 5.96 Å². The van der Waals surface area contributed by atoms with Crippen LogP contribution in [0.1, 0.15) is 51.0 Å². The fraction of sp³-hybridized carbons (Fsp3) is 0.650. The second-order valence-electron chi connectivity index (χ2n) is 7.74. The van der Waals surface area contributed by atoms with Gasteiger partial charge in [-0.05, 0) is 43.9 Å².